The summed E-state index contributed by atoms with van der Waals surface area (Å²) < 4.78 is 13.0. The molecule has 2 aromatic carbocycles. The van der Waals surface area contributed by atoms with Gasteiger partial charge in [0.15, 0.2) is 5.78 Å². The lowest BCUT2D eigenvalue weighted by atomic mass is 10.0. The molecule has 1 heterocycles. The molecule has 3 nitrogen and oxygen atoms in total. The summed E-state index contributed by atoms with van der Waals surface area (Å²) >= 11 is 7.40. The topological polar surface area (TPSA) is 46.2 Å². The number of hydrogen-bond donors (Lipinski definition) is 1. The van der Waals surface area contributed by atoms with Crippen molar-refractivity contribution in [1.29, 1.82) is 0 Å². The standard InChI is InChI=1S/C16H11ClFNO2S/c17-12-8-9(18)4-5-13(12)19-16(21)11-3-1-2-10-14(20)6-7-22-15(10)11/h1-5,8H,6-7H2,(H,19,21). The predicted molar refractivity (Wildman–Crippen MR) is 85.5 cm³/mol. The molecule has 0 spiro atoms. The van der Waals surface area contributed by atoms with E-state index < -0.39 is 5.82 Å². The minimum absolute atomic E-state index is 0.0446. The Balaban J connectivity index is 1.93. The molecular weight excluding hydrogens is 325 g/mol. The van der Waals surface area contributed by atoms with Crippen LogP contribution in [0.15, 0.2) is 41.3 Å². The quantitative estimate of drug-likeness (QED) is 0.884. The largest absolute Gasteiger partial charge is 0.321 e. The maximum absolute atomic E-state index is 13.0. The second-order valence-corrected chi connectivity index (χ2v) is 6.29. The third-order valence-corrected chi connectivity index (χ3v) is 4.76. The molecule has 6 heteroatoms. The first kappa shape index (κ1) is 15.1. The third-order valence-electron chi connectivity index (χ3n) is 3.31. The van der Waals surface area contributed by atoms with Crippen molar-refractivity contribution in [2.45, 2.75) is 11.3 Å². The van der Waals surface area contributed by atoms with Gasteiger partial charge in [0, 0.05) is 22.6 Å². The number of carbonyl (C=O) groups is 2. The van der Waals surface area contributed by atoms with Gasteiger partial charge in [-0.15, -0.1) is 11.8 Å². The first-order chi connectivity index (χ1) is 10.6. The fourth-order valence-corrected chi connectivity index (χ4v) is 3.61. The monoisotopic (exact) mass is 335 g/mol. The van der Waals surface area contributed by atoms with Crippen LogP contribution in [-0.2, 0) is 0 Å². The molecule has 0 unspecified atom stereocenters. The van der Waals surface area contributed by atoms with Crippen molar-refractivity contribution in [3.8, 4) is 0 Å². The van der Waals surface area contributed by atoms with Crippen LogP contribution < -0.4 is 5.32 Å². The van der Waals surface area contributed by atoms with Crippen LogP contribution in [0.2, 0.25) is 5.02 Å². The smallest absolute Gasteiger partial charge is 0.256 e. The lowest BCUT2D eigenvalue weighted by molar-refractivity contribution is 0.0984. The Labute approximate surface area is 135 Å². The molecule has 1 amide bonds. The van der Waals surface area contributed by atoms with Crippen LogP contribution in [0.4, 0.5) is 10.1 Å². The van der Waals surface area contributed by atoms with Crippen LogP contribution in [0.5, 0.6) is 0 Å². The average molecular weight is 336 g/mol. The molecule has 1 aliphatic heterocycles. The van der Waals surface area contributed by atoms with Gasteiger partial charge in [0.25, 0.3) is 5.91 Å². The molecule has 22 heavy (non-hydrogen) atoms. The SMILES string of the molecule is O=C1CCSc2c1cccc2C(=O)Nc1ccc(F)cc1Cl. The van der Waals surface area contributed by atoms with E-state index in [-0.39, 0.29) is 16.7 Å². The lowest BCUT2D eigenvalue weighted by Crippen LogP contribution is -2.17. The van der Waals surface area contributed by atoms with Gasteiger partial charge in [0.05, 0.1) is 16.3 Å². The van der Waals surface area contributed by atoms with Crippen LogP contribution in [-0.4, -0.2) is 17.4 Å². The highest BCUT2D eigenvalue weighted by Crippen LogP contribution is 2.33. The number of anilines is 1. The van der Waals surface area contributed by atoms with Gasteiger partial charge in [-0.25, -0.2) is 4.39 Å². The Morgan fingerprint density at radius 3 is 2.86 bits per heavy atom. The zero-order valence-electron chi connectivity index (χ0n) is 11.4. The molecular formula is C16H11ClFNO2S. The average Bonchev–Trinajstić information content (AvgIpc) is 2.50. The molecule has 1 N–H and O–H groups in total. The van der Waals surface area contributed by atoms with Crippen molar-refractivity contribution >= 4 is 40.7 Å². The molecule has 0 fully saturated rings. The van der Waals surface area contributed by atoms with Crippen LogP contribution in [0.1, 0.15) is 27.1 Å². The molecule has 3 rings (SSSR count). The van der Waals surface area contributed by atoms with Crippen LogP contribution in [0, 0.1) is 5.82 Å². The molecule has 0 bridgehead atoms. The maximum Gasteiger partial charge on any atom is 0.256 e. The summed E-state index contributed by atoms with van der Waals surface area (Å²) in [5, 5.41) is 2.78. The Kier molecular flexibility index (Phi) is 4.18. The van der Waals surface area contributed by atoms with Crippen LogP contribution in [0.25, 0.3) is 0 Å². The normalized spacial score (nSPS) is 13.6. The van der Waals surface area contributed by atoms with E-state index in [9.17, 15) is 14.0 Å². The highest BCUT2D eigenvalue weighted by Gasteiger charge is 2.23. The van der Waals surface area contributed by atoms with Gasteiger partial charge in [-0.3, -0.25) is 9.59 Å². The van der Waals surface area contributed by atoms with E-state index in [1.54, 1.807) is 18.2 Å². The van der Waals surface area contributed by atoms with E-state index in [1.165, 1.54) is 23.9 Å². The number of ketones is 1. The van der Waals surface area contributed by atoms with Crippen molar-refractivity contribution in [2.24, 2.45) is 0 Å². The van der Waals surface area contributed by atoms with Crippen molar-refractivity contribution < 1.29 is 14.0 Å². The number of fused-ring (bicyclic) bond motifs is 1. The zero-order valence-corrected chi connectivity index (χ0v) is 12.9. The molecule has 2 aromatic rings. The number of hydrogen-bond acceptors (Lipinski definition) is 3. The second-order valence-electron chi connectivity index (χ2n) is 4.78. The van der Waals surface area contributed by atoms with E-state index >= 15 is 0 Å². The summed E-state index contributed by atoms with van der Waals surface area (Å²) in [5.41, 5.74) is 1.34. The third kappa shape index (κ3) is 2.87. The summed E-state index contributed by atoms with van der Waals surface area (Å²) in [7, 11) is 0. The van der Waals surface area contributed by atoms with E-state index in [4.69, 9.17) is 11.6 Å². The molecule has 0 aliphatic carbocycles. The van der Waals surface area contributed by atoms with Gasteiger partial charge in [-0.2, -0.15) is 0 Å². The number of carbonyl (C=O) groups excluding carboxylic acids is 2. The zero-order chi connectivity index (χ0) is 15.7. The fourth-order valence-electron chi connectivity index (χ4n) is 2.25. The van der Waals surface area contributed by atoms with Crippen molar-refractivity contribution in [2.75, 3.05) is 11.1 Å². The fraction of sp³-hybridized carbons (Fsp3) is 0.125. The van der Waals surface area contributed by atoms with E-state index in [2.05, 4.69) is 5.32 Å². The summed E-state index contributed by atoms with van der Waals surface area (Å²) in [4.78, 5) is 25.0. The molecule has 0 saturated carbocycles. The molecule has 1 aliphatic rings. The molecule has 0 aromatic heterocycles. The van der Waals surface area contributed by atoms with Gasteiger partial charge < -0.3 is 5.32 Å². The Bertz CT molecular complexity index is 779. The summed E-state index contributed by atoms with van der Waals surface area (Å²) in [6, 6.07) is 8.84. The number of benzene rings is 2. The van der Waals surface area contributed by atoms with Crippen LogP contribution in [0.3, 0.4) is 0 Å². The lowest BCUT2D eigenvalue weighted by Gasteiger charge is -2.17. The highest BCUT2D eigenvalue weighted by atomic mass is 35.5. The molecule has 0 atom stereocenters. The van der Waals surface area contributed by atoms with Gasteiger partial charge in [0.1, 0.15) is 5.82 Å². The minimum Gasteiger partial charge on any atom is -0.321 e. The maximum atomic E-state index is 13.0. The summed E-state index contributed by atoms with van der Waals surface area (Å²) in [6.07, 6.45) is 0.479. The number of halogens is 2. The predicted octanol–water partition coefficient (Wildman–Crippen LogP) is 4.41. The van der Waals surface area contributed by atoms with Crippen molar-refractivity contribution in [1.82, 2.24) is 0 Å². The van der Waals surface area contributed by atoms with Crippen molar-refractivity contribution in [3.63, 3.8) is 0 Å². The highest BCUT2D eigenvalue weighted by molar-refractivity contribution is 7.99. The Morgan fingerprint density at radius 2 is 2.09 bits per heavy atom. The van der Waals surface area contributed by atoms with E-state index in [0.29, 0.717) is 33.9 Å². The number of nitrogens with one attached hydrogen (secondary N) is 1. The second kappa shape index (κ2) is 6.10. The number of rotatable bonds is 2. The number of Topliss-reactive ketones (excluding diaryl/α,β-unsaturated/α-hetero) is 1. The molecule has 112 valence electrons. The van der Waals surface area contributed by atoms with E-state index in [1.807, 2.05) is 0 Å². The van der Waals surface area contributed by atoms with Gasteiger partial charge in [-0.1, -0.05) is 23.7 Å². The summed E-state index contributed by atoms with van der Waals surface area (Å²) in [6.45, 7) is 0. The Hall–Kier alpha value is -1.85. The molecule has 0 saturated heterocycles. The van der Waals surface area contributed by atoms with Gasteiger partial charge >= 0.3 is 0 Å². The Morgan fingerprint density at radius 1 is 1.27 bits per heavy atom. The number of amides is 1. The van der Waals surface area contributed by atoms with Crippen LogP contribution >= 0.6 is 23.4 Å². The van der Waals surface area contributed by atoms with Gasteiger partial charge in [-0.05, 0) is 24.3 Å². The molecule has 0 radical (unpaired) electrons. The van der Waals surface area contributed by atoms with E-state index in [0.717, 1.165) is 6.07 Å². The minimum atomic E-state index is -0.471. The van der Waals surface area contributed by atoms with Gasteiger partial charge in [0.2, 0.25) is 0 Å². The first-order valence-corrected chi connectivity index (χ1v) is 7.98. The summed E-state index contributed by atoms with van der Waals surface area (Å²) in [5.74, 6) is -0.134. The van der Waals surface area contributed by atoms with Crippen molar-refractivity contribution in [3.05, 3.63) is 58.4 Å². The number of thioether (sulfide) groups is 1. The first-order valence-electron chi connectivity index (χ1n) is 6.61.